The molecule has 0 unspecified atom stereocenters. The SMILES string of the molecule is C(=CC1(c2ccccc2)CCCCC1)c1ccccc1. The van der Waals surface area contributed by atoms with Crippen molar-refractivity contribution in [2.75, 3.05) is 0 Å². The molecule has 0 nitrogen and oxygen atoms in total. The maximum absolute atomic E-state index is 2.46. The fraction of sp³-hybridized carbons (Fsp3) is 0.300. The van der Waals surface area contributed by atoms with Crippen molar-refractivity contribution in [2.45, 2.75) is 37.5 Å². The lowest BCUT2D eigenvalue weighted by Gasteiger charge is -2.35. The topological polar surface area (TPSA) is 0 Å². The van der Waals surface area contributed by atoms with Crippen molar-refractivity contribution in [1.29, 1.82) is 0 Å². The first kappa shape index (κ1) is 13.2. The summed E-state index contributed by atoms with van der Waals surface area (Å²) in [5.41, 5.74) is 3.02. The van der Waals surface area contributed by atoms with E-state index in [-0.39, 0.29) is 5.41 Å². The Hall–Kier alpha value is -1.82. The predicted molar refractivity (Wildman–Crippen MR) is 86.7 cm³/mol. The highest BCUT2D eigenvalue weighted by molar-refractivity contribution is 5.52. The van der Waals surface area contributed by atoms with Gasteiger partial charge in [-0.15, -0.1) is 0 Å². The number of allylic oxidation sites excluding steroid dienone is 1. The van der Waals surface area contributed by atoms with E-state index in [9.17, 15) is 0 Å². The molecule has 0 heteroatoms. The van der Waals surface area contributed by atoms with Crippen LogP contribution < -0.4 is 0 Å². The van der Waals surface area contributed by atoms with Crippen LogP contribution >= 0.6 is 0 Å². The van der Waals surface area contributed by atoms with Gasteiger partial charge in [0.2, 0.25) is 0 Å². The third-order valence-electron chi connectivity index (χ3n) is 4.49. The first-order chi connectivity index (χ1) is 9.89. The third-order valence-corrected chi connectivity index (χ3v) is 4.49. The van der Waals surface area contributed by atoms with E-state index in [1.165, 1.54) is 43.2 Å². The first-order valence-electron chi connectivity index (χ1n) is 7.69. The highest BCUT2D eigenvalue weighted by Gasteiger charge is 2.30. The van der Waals surface area contributed by atoms with Gasteiger partial charge in [0.25, 0.3) is 0 Å². The van der Waals surface area contributed by atoms with E-state index >= 15 is 0 Å². The third kappa shape index (κ3) is 2.85. The van der Waals surface area contributed by atoms with Gasteiger partial charge in [-0.2, -0.15) is 0 Å². The maximum Gasteiger partial charge on any atom is 0.0135 e. The smallest absolute Gasteiger partial charge is 0.0135 e. The first-order valence-corrected chi connectivity index (χ1v) is 7.69. The molecule has 2 aromatic rings. The van der Waals surface area contributed by atoms with Gasteiger partial charge < -0.3 is 0 Å². The fourth-order valence-corrected chi connectivity index (χ4v) is 3.32. The molecule has 0 bridgehead atoms. The Balaban J connectivity index is 1.92. The molecule has 1 fully saturated rings. The average molecular weight is 262 g/mol. The van der Waals surface area contributed by atoms with Crippen LogP contribution in [-0.4, -0.2) is 0 Å². The van der Waals surface area contributed by atoms with Crippen LogP contribution in [0.15, 0.2) is 66.7 Å². The molecule has 102 valence electrons. The molecule has 3 rings (SSSR count). The van der Waals surface area contributed by atoms with Crippen molar-refractivity contribution in [1.82, 2.24) is 0 Å². The summed E-state index contributed by atoms with van der Waals surface area (Å²) in [6.45, 7) is 0. The molecular formula is C20H22. The van der Waals surface area contributed by atoms with Gasteiger partial charge in [-0.1, -0.05) is 92.1 Å². The van der Waals surface area contributed by atoms with Crippen LogP contribution in [0.3, 0.4) is 0 Å². The summed E-state index contributed by atoms with van der Waals surface area (Å²) in [6.07, 6.45) is 11.4. The minimum atomic E-state index is 0.245. The lowest BCUT2D eigenvalue weighted by Crippen LogP contribution is -2.26. The average Bonchev–Trinajstić information content (AvgIpc) is 2.56. The van der Waals surface area contributed by atoms with Crippen molar-refractivity contribution in [3.8, 4) is 0 Å². The number of rotatable bonds is 3. The zero-order valence-electron chi connectivity index (χ0n) is 12.0. The summed E-state index contributed by atoms with van der Waals surface area (Å²) in [5, 5.41) is 0. The summed E-state index contributed by atoms with van der Waals surface area (Å²) in [7, 11) is 0. The molecule has 0 aromatic heterocycles. The highest BCUT2D eigenvalue weighted by Crippen LogP contribution is 2.41. The second kappa shape index (κ2) is 6.09. The zero-order chi connectivity index (χ0) is 13.7. The van der Waals surface area contributed by atoms with Crippen LogP contribution in [0.4, 0.5) is 0 Å². The maximum atomic E-state index is 2.46. The number of hydrogen-bond donors (Lipinski definition) is 0. The van der Waals surface area contributed by atoms with Crippen LogP contribution in [0, 0.1) is 0 Å². The predicted octanol–water partition coefficient (Wildman–Crippen LogP) is 5.60. The molecule has 0 atom stereocenters. The van der Waals surface area contributed by atoms with Gasteiger partial charge in [0.1, 0.15) is 0 Å². The molecular weight excluding hydrogens is 240 g/mol. The Morgan fingerprint density at radius 1 is 0.700 bits per heavy atom. The van der Waals surface area contributed by atoms with Gasteiger partial charge in [0.05, 0.1) is 0 Å². The largest absolute Gasteiger partial charge is 0.0733 e. The molecule has 0 N–H and O–H groups in total. The second-order valence-corrected chi connectivity index (χ2v) is 5.83. The van der Waals surface area contributed by atoms with Crippen LogP contribution in [0.25, 0.3) is 6.08 Å². The summed E-state index contributed by atoms with van der Waals surface area (Å²) < 4.78 is 0. The second-order valence-electron chi connectivity index (χ2n) is 5.83. The van der Waals surface area contributed by atoms with Crippen LogP contribution in [0.1, 0.15) is 43.2 Å². The van der Waals surface area contributed by atoms with Crippen molar-refractivity contribution < 1.29 is 0 Å². The van der Waals surface area contributed by atoms with Gasteiger partial charge >= 0.3 is 0 Å². The highest BCUT2D eigenvalue weighted by atomic mass is 14.3. The summed E-state index contributed by atoms with van der Waals surface area (Å²) in [4.78, 5) is 0. The zero-order valence-corrected chi connectivity index (χ0v) is 12.0. The Morgan fingerprint density at radius 2 is 1.30 bits per heavy atom. The summed E-state index contributed by atoms with van der Waals surface area (Å²) in [6, 6.07) is 21.7. The summed E-state index contributed by atoms with van der Waals surface area (Å²) >= 11 is 0. The number of hydrogen-bond acceptors (Lipinski definition) is 0. The lowest BCUT2D eigenvalue weighted by molar-refractivity contribution is 0.358. The van der Waals surface area contributed by atoms with E-state index in [4.69, 9.17) is 0 Å². The number of benzene rings is 2. The normalized spacial score (nSPS) is 18.2. The van der Waals surface area contributed by atoms with Gasteiger partial charge in [-0.25, -0.2) is 0 Å². The Morgan fingerprint density at radius 3 is 1.95 bits per heavy atom. The van der Waals surface area contributed by atoms with E-state index in [0.29, 0.717) is 0 Å². The molecule has 0 amide bonds. The van der Waals surface area contributed by atoms with Gasteiger partial charge in [0.15, 0.2) is 0 Å². The van der Waals surface area contributed by atoms with E-state index in [2.05, 4.69) is 72.8 Å². The van der Waals surface area contributed by atoms with Crippen molar-refractivity contribution in [3.05, 3.63) is 77.9 Å². The van der Waals surface area contributed by atoms with E-state index in [1.54, 1.807) is 0 Å². The van der Waals surface area contributed by atoms with Crippen LogP contribution in [0.2, 0.25) is 0 Å². The molecule has 20 heavy (non-hydrogen) atoms. The molecule has 0 spiro atoms. The molecule has 2 aromatic carbocycles. The van der Waals surface area contributed by atoms with Crippen LogP contribution in [-0.2, 0) is 5.41 Å². The fourth-order valence-electron chi connectivity index (χ4n) is 3.32. The molecule has 1 saturated carbocycles. The van der Waals surface area contributed by atoms with Gasteiger partial charge in [0, 0.05) is 5.41 Å². The molecule has 0 aliphatic heterocycles. The van der Waals surface area contributed by atoms with E-state index < -0.39 is 0 Å². The van der Waals surface area contributed by atoms with Gasteiger partial charge in [-0.05, 0) is 24.0 Å². The standard InChI is InChI=1S/C20H22/c1-4-10-18(11-5-1)14-17-20(15-8-3-9-16-20)19-12-6-2-7-13-19/h1-2,4-7,10-14,17H,3,8-9,15-16H2. The quantitative estimate of drug-likeness (QED) is 0.675. The molecule has 1 aliphatic rings. The van der Waals surface area contributed by atoms with Gasteiger partial charge in [-0.3, -0.25) is 0 Å². The van der Waals surface area contributed by atoms with Crippen molar-refractivity contribution in [2.24, 2.45) is 0 Å². The van der Waals surface area contributed by atoms with E-state index in [0.717, 1.165) is 0 Å². The molecule has 0 radical (unpaired) electrons. The molecule has 1 aliphatic carbocycles. The van der Waals surface area contributed by atoms with Crippen LogP contribution in [0.5, 0.6) is 0 Å². The van der Waals surface area contributed by atoms with Crippen molar-refractivity contribution >= 4 is 6.08 Å². The minimum absolute atomic E-state index is 0.245. The Labute approximate surface area is 122 Å². The van der Waals surface area contributed by atoms with E-state index in [1.807, 2.05) is 0 Å². The Kier molecular flexibility index (Phi) is 4.01. The molecule has 0 saturated heterocycles. The lowest BCUT2D eigenvalue weighted by atomic mass is 9.69. The van der Waals surface area contributed by atoms with Crippen molar-refractivity contribution in [3.63, 3.8) is 0 Å². The Bertz CT molecular complexity index is 545. The minimum Gasteiger partial charge on any atom is -0.0733 e. The monoisotopic (exact) mass is 262 g/mol. The molecule has 0 heterocycles. The summed E-state index contributed by atoms with van der Waals surface area (Å²) in [5.74, 6) is 0.